The second kappa shape index (κ2) is 9.67. The Bertz CT molecular complexity index is 971. The molecule has 6 heteroatoms. The summed E-state index contributed by atoms with van der Waals surface area (Å²) in [4.78, 5) is 23.5. The van der Waals surface area contributed by atoms with Crippen LogP contribution >= 0.6 is 11.8 Å². The van der Waals surface area contributed by atoms with Crippen LogP contribution in [-0.4, -0.2) is 28.2 Å². The summed E-state index contributed by atoms with van der Waals surface area (Å²) in [6.45, 7) is 2.28. The summed E-state index contributed by atoms with van der Waals surface area (Å²) in [5, 5.41) is 9.48. The summed E-state index contributed by atoms with van der Waals surface area (Å²) in [6, 6.07) is 23.3. The Morgan fingerprint density at radius 1 is 1.07 bits per heavy atom. The molecule has 5 nitrogen and oxygen atoms in total. The quantitative estimate of drug-likeness (QED) is 0.440. The Labute approximate surface area is 169 Å². The fourth-order valence-electron chi connectivity index (χ4n) is 2.73. The van der Waals surface area contributed by atoms with Crippen molar-refractivity contribution in [2.24, 2.45) is 0 Å². The van der Waals surface area contributed by atoms with E-state index in [9.17, 15) is 4.79 Å². The van der Waals surface area contributed by atoms with Crippen molar-refractivity contribution >= 4 is 23.4 Å². The minimum Gasteiger partial charge on any atom is -0.311 e. The van der Waals surface area contributed by atoms with E-state index in [1.165, 1.54) is 11.8 Å². The van der Waals surface area contributed by atoms with Crippen molar-refractivity contribution in [2.45, 2.75) is 18.5 Å². The van der Waals surface area contributed by atoms with Crippen LogP contribution in [0.5, 0.6) is 0 Å². The summed E-state index contributed by atoms with van der Waals surface area (Å²) in [5.74, 6) is 0.135. The van der Waals surface area contributed by atoms with Crippen molar-refractivity contribution in [3.05, 3.63) is 72.4 Å². The molecule has 0 aliphatic rings. The molecule has 0 aliphatic carbocycles. The van der Waals surface area contributed by atoms with E-state index < -0.39 is 0 Å². The van der Waals surface area contributed by atoms with E-state index in [0.717, 1.165) is 22.6 Å². The molecular formula is C22H20N4OS. The Balaban J connectivity index is 1.74. The number of aryl methyl sites for hydroxylation is 1. The lowest BCUT2D eigenvalue weighted by atomic mass is 10.1. The van der Waals surface area contributed by atoms with Gasteiger partial charge in [-0.2, -0.15) is 5.26 Å². The number of aromatic nitrogens is 2. The number of hydrogen-bond acceptors (Lipinski definition) is 5. The van der Waals surface area contributed by atoms with Crippen molar-refractivity contribution in [3.8, 4) is 17.3 Å². The van der Waals surface area contributed by atoms with E-state index in [-0.39, 0.29) is 18.1 Å². The van der Waals surface area contributed by atoms with Gasteiger partial charge < -0.3 is 4.90 Å². The second-order valence-electron chi connectivity index (χ2n) is 6.12. The lowest BCUT2D eigenvalue weighted by molar-refractivity contribution is -0.116. The number of rotatable bonds is 7. The lowest BCUT2D eigenvalue weighted by Gasteiger charge is -2.21. The zero-order valence-electron chi connectivity index (χ0n) is 15.6. The van der Waals surface area contributed by atoms with Gasteiger partial charge in [-0.05, 0) is 25.1 Å². The molecule has 0 fully saturated rings. The maximum atomic E-state index is 12.8. The van der Waals surface area contributed by atoms with Crippen LogP contribution in [0.1, 0.15) is 12.1 Å². The molecule has 0 atom stereocenters. The molecule has 1 aromatic heterocycles. The van der Waals surface area contributed by atoms with Gasteiger partial charge in [0.15, 0.2) is 5.16 Å². The van der Waals surface area contributed by atoms with Crippen LogP contribution in [0.25, 0.3) is 11.3 Å². The van der Waals surface area contributed by atoms with Crippen LogP contribution < -0.4 is 4.90 Å². The minimum atomic E-state index is -0.0715. The zero-order valence-corrected chi connectivity index (χ0v) is 16.4. The summed E-state index contributed by atoms with van der Waals surface area (Å²) >= 11 is 1.31. The van der Waals surface area contributed by atoms with Gasteiger partial charge >= 0.3 is 0 Å². The van der Waals surface area contributed by atoms with Crippen molar-refractivity contribution in [3.63, 3.8) is 0 Å². The molecule has 1 heterocycles. The maximum Gasteiger partial charge on any atom is 0.237 e. The number of carbonyl (C=O) groups is 1. The molecule has 28 heavy (non-hydrogen) atoms. The van der Waals surface area contributed by atoms with Crippen LogP contribution in [0.2, 0.25) is 0 Å². The average molecular weight is 388 g/mol. The van der Waals surface area contributed by atoms with Crippen molar-refractivity contribution in [1.82, 2.24) is 9.97 Å². The van der Waals surface area contributed by atoms with Gasteiger partial charge in [0.05, 0.1) is 23.9 Å². The Morgan fingerprint density at radius 3 is 2.43 bits per heavy atom. The summed E-state index contributed by atoms with van der Waals surface area (Å²) in [7, 11) is 0. The molecule has 0 bridgehead atoms. The van der Waals surface area contributed by atoms with Crippen LogP contribution in [0.3, 0.4) is 0 Å². The number of anilines is 1. The van der Waals surface area contributed by atoms with Gasteiger partial charge in [0, 0.05) is 23.5 Å². The van der Waals surface area contributed by atoms with Gasteiger partial charge in [0.2, 0.25) is 5.91 Å². The van der Waals surface area contributed by atoms with E-state index in [0.29, 0.717) is 11.7 Å². The highest BCUT2D eigenvalue weighted by Gasteiger charge is 2.16. The molecule has 0 unspecified atom stereocenters. The monoisotopic (exact) mass is 388 g/mol. The largest absolute Gasteiger partial charge is 0.311 e. The minimum absolute atomic E-state index is 0.0715. The molecule has 140 valence electrons. The highest BCUT2D eigenvalue weighted by atomic mass is 32.2. The number of benzene rings is 2. The van der Waals surface area contributed by atoms with Crippen molar-refractivity contribution in [2.75, 3.05) is 17.2 Å². The van der Waals surface area contributed by atoms with Crippen molar-refractivity contribution < 1.29 is 4.79 Å². The molecule has 2 aromatic carbocycles. The molecule has 0 N–H and O–H groups in total. The number of hydrogen-bond donors (Lipinski definition) is 0. The number of nitrogens with zero attached hydrogens (tertiary/aromatic N) is 4. The number of amides is 1. The van der Waals surface area contributed by atoms with E-state index in [4.69, 9.17) is 5.26 Å². The predicted molar refractivity (Wildman–Crippen MR) is 112 cm³/mol. The third kappa shape index (κ3) is 5.18. The number of thioether (sulfide) groups is 1. The molecular weight excluding hydrogens is 368 g/mol. The fourth-order valence-corrected chi connectivity index (χ4v) is 3.51. The molecule has 1 amide bonds. The van der Waals surface area contributed by atoms with E-state index in [1.54, 1.807) is 4.90 Å². The fraction of sp³-hybridized carbons (Fsp3) is 0.182. The first kappa shape index (κ1) is 19.6. The van der Waals surface area contributed by atoms with Gasteiger partial charge in [-0.15, -0.1) is 0 Å². The Hall–Kier alpha value is -3.17. The Morgan fingerprint density at radius 2 is 1.75 bits per heavy atom. The van der Waals surface area contributed by atoms with Gasteiger partial charge in [-0.25, -0.2) is 9.97 Å². The summed E-state index contributed by atoms with van der Waals surface area (Å²) in [6.07, 6.45) is 0.282. The Kier molecular flexibility index (Phi) is 6.77. The van der Waals surface area contributed by atoms with E-state index in [1.807, 2.05) is 73.7 Å². The van der Waals surface area contributed by atoms with Gasteiger partial charge in [0.1, 0.15) is 0 Å². The van der Waals surface area contributed by atoms with E-state index >= 15 is 0 Å². The maximum absolute atomic E-state index is 12.8. The van der Waals surface area contributed by atoms with Gasteiger partial charge in [0.25, 0.3) is 0 Å². The zero-order chi connectivity index (χ0) is 19.8. The van der Waals surface area contributed by atoms with Crippen LogP contribution in [-0.2, 0) is 4.79 Å². The number of nitriles is 1. The SMILES string of the molecule is Cc1cc(-c2ccccc2)nc(SCC(=O)N(CCC#N)c2ccccc2)n1. The molecule has 0 saturated heterocycles. The van der Waals surface area contributed by atoms with E-state index in [2.05, 4.69) is 16.0 Å². The summed E-state index contributed by atoms with van der Waals surface area (Å²) in [5.41, 5.74) is 3.50. The standard InChI is InChI=1S/C22H20N4OS/c1-17-15-20(18-9-4-2-5-10-18)25-22(24-17)28-16-21(27)26(14-8-13-23)19-11-6-3-7-12-19/h2-7,9-12,15H,8,14,16H2,1H3. The topological polar surface area (TPSA) is 69.9 Å². The van der Waals surface area contributed by atoms with Crippen molar-refractivity contribution in [1.29, 1.82) is 5.26 Å². The van der Waals surface area contributed by atoms with Gasteiger partial charge in [-0.3, -0.25) is 4.79 Å². The second-order valence-corrected chi connectivity index (χ2v) is 7.06. The normalized spacial score (nSPS) is 10.3. The molecule has 0 radical (unpaired) electrons. The molecule has 0 spiro atoms. The third-order valence-corrected chi connectivity index (χ3v) is 4.88. The molecule has 3 aromatic rings. The van der Waals surface area contributed by atoms with Crippen LogP contribution in [0.15, 0.2) is 71.9 Å². The molecule has 0 saturated carbocycles. The smallest absolute Gasteiger partial charge is 0.237 e. The first-order valence-electron chi connectivity index (χ1n) is 8.93. The van der Waals surface area contributed by atoms with Gasteiger partial charge in [-0.1, -0.05) is 60.3 Å². The van der Waals surface area contributed by atoms with Crippen LogP contribution in [0, 0.1) is 18.3 Å². The number of para-hydroxylation sites is 1. The highest BCUT2D eigenvalue weighted by Crippen LogP contribution is 2.23. The van der Waals surface area contributed by atoms with Crippen LogP contribution in [0.4, 0.5) is 5.69 Å². The third-order valence-electron chi connectivity index (χ3n) is 4.04. The highest BCUT2D eigenvalue weighted by molar-refractivity contribution is 7.99. The average Bonchev–Trinajstić information content (AvgIpc) is 2.73. The lowest BCUT2D eigenvalue weighted by Crippen LogP contribution is -2.33. The molecule has 3 rings (SSSR count). The first-order chi connectivity index (χ1) is 13.7. The first-order valence-corrected chi connectivity index (χ1v) is 9.92. The number of carbonyl (C=O) groups excluding carboxylic acids is 1. The predicted octanol–water partition coefficient (Wildman–Crippen LogP) is 4.49. The molecule has 0 aliphatic heterocycles. The summed E-state index contributed by atoms with van der Waals surface area (Å²) < 4.78 is 0.